The van der Waals surface area contributed by atoms with Gasteiger partial charge in [-0.15, -0.1) is 11.3 Å². The predicted molar refractivity (Wildman–Crippen MR) is 120 cm³/mol. The summed E-state index contributed by atoms with van der Waals surface area (Å²) in [6.07, 6.45) is 4.02. The molecule has 1 fully saturated rings. The van der Waals surface area contributed by atoms with Crippen molar-refractivity contribution in [3.63, 3.8) is 0 Å². The summed E-state index contributed by atoms with van der Waals surface area (Å²) in [7, 11) is 1.89. The quantitative estimate of drug-likeness (QED) is 0.756. The van der Waals surface area contributed by atoms with Crippen LogP contribution in [-0.4, -0.2) is 50.4 Å². The van der Waals surface area contributed by atoms with Gasteiger partial charge in [0.05, 0.1) is 16.9 Å². The molecule has 0 saturated carbocycles. The smallest absolute Gasteiger partial charge is 0.408 e. The predicted octanol–water partition coefficient (Wildman–Crippen LogP) is 3.66. The van der Waals surface area contributed by atoms with Crippen molar-refractivity contribution in [1.29, 1.82) is 0 Å². The lowest BCUT2D eigenvalue weighted by Gasteiger charge is -2.26. The third kappa shape index (κ3) is 5.44. The molecular weight excluding hydrogens is 414 g/mol. The van der Waals surface area contributed by atoms with Crippen molar-refractivity contribution in [2.24, 2.45) is 12.5 Å². The monoisotopic (exact) mass is 447 g/mol. The highest BCUT2D eigenvalue weighted by Crippen LogP contribution is 2.43. The number of nitrogens with zero attached hydrogens (tertiary/aromatic N) is 4. The van der Waals surface area contributed by atoms with Crippen LogP contribution >= 0.6 is 11.3 Å². The van der Waals surface area contributed by atoms with E-state index in [0.29, 0.717) is 18.8 Å². The highest BCUT2D eigenvalue weighted by molar-refractivity contribution is 7.09. The fourth-order valence-corrected chi connectivity index (χ4v) is 4.74. The Balaban J connectivity index is 1.84. The molecule has 2 unspecified atom stereocenters. The van der Waals surface area contributed by atoms with Crippen molar-refractivity contribution in [2.45, 2.75) is 65.5 Å². The molecule has 31 heavy (non-hydrogen) atoms. The van der Waals surface area contributed by atoms with Crippen LogP contribution in [-0.2, 0) is 23.0 Å². The van der Waals surface area contributed by atoms with Gasteiger partial charge in [0.25, 0.3) is 5.91 Å². The van der Waals surface area contributed by atoms with Gasteiger partial charge in [0, 0.05) is 37.6 Å². The zero-order valence-electron chi connectivity index (χ0n) is 19.4. The summed E-state index contributed by atoms with van der Waals surface area (Å²) in [5, 5.41) is 9.83. The highest BCUT2D eigenvalue weighted by Gasteiger charge is 2.44. The van der Waals surface area contributed by atoms with Gasteiger partial charge >= 0.3 is 6.09 Å². The first-order chi connectivity index (χ1) is 14.4. The normalized spacial score (nSPS) is 19.3. The van der Waals surface area contributed by atoms with Gasteiger partial charge in [0.1, 0.15) is 5.60 Å². The van der Waals surface area contributed by atoms with E-state index in [9.17, 15) is 9.59 Å². The largest absolute Gasteiger partial charge is 0.444 e. The number of hydrogen-bond donors (Lipinski definition) is 1. The molecule has 3 rings (SSSR count). The number of ether oxygens (including phenoxy) is 1. The zero-order chi connectivity index (χ0) is 23.0. The molecule has 0 spiro atoms. The molecule has 0 bridgehead atoms. The molecule has 9 heteroatoms. The van der Waals surface area contributed by atoms with E-state index in [0.717, 1.165) is 17.0 Å². The summed E-state index contributed by atoms with van der Waals surface area (Å²) in [6, 6.07) is -0.880. The van der Waals surface area contributed by atoms with Crippen molar-refractivity contribution in [3.8, 4) is 0 Å². The number of carbonyl (C=O) groups is 2. The van der Waals surface area contributed by atoms with Crippen molar-refractivity contribution < 1.29 is 14.3 Å². The summed E-state index contributed by atoms with van der Waals surface area (Å²) in [5.41, 5.74) is 0.892. The van der Waals surface area contributed by atoms with Gasteiger partial charge in [-0.3, -0.25) is 9.48 Å². The zero-order valence-corrected chi connectivity index (χ0v) is 20.2. The van der Waals surface area contributed by atoms with Crippen LogP contribution in [0.1, 0.15) is 69.8 Å². The topological polar surface area (TPSA) is 89.3 Å². The standard InChI is InChI=1S/C22H33N5O3S/c1-8-17-24-16(12-31-17)18(25-20(29)30-21(2,3)4)19(28)27-11-15(22(5,6)13-27)14-9-23-26(7)10-14/h9-10,12,15,18H,8,11,13H2,1-7H3,(H,25,29). The van der Waals surface area contributed by atoms with Gasteiger partial charge in [0.2, 0.25) is 0 Å². The summed E-state index contributed by atoms with van der Waals surface area (Å²) in [4.78, 5) is 32.5. The van der Waals surface area contributed by atoms with E-state index < -0.39 is 17.7 Å². The third-order valence-electron chi connectivity index (χ3n) is 5.46. The van der Waals surface area contributed by atoms with Crippen molar-refractivity contribution in [2.75, 3.05) is 13.1 Å². The molecule has 2 amide bonds. The minimum Gasteiger partial charge on any atom is -0.444 e. The lowest BCUT2D eigenvalue weighted by Crippen LogP contribution is -2.44. The van der Waals surface area contributed by atoms with Crippen molar-refractivity contribution in [1.82, 2.24) is 25.0 Å². The Kier molecular flexibility index (Phi) is 6.45. The van der Waals surface area contributed by atoms with Gasteiger partial charge in [-0.25, -0.2) is 9.78 Å². The second-order valence-electron chi connectivity index (χ2n) is 9.81. The van der Waals surface area contributed by atoms with E-state index in [1.165, 1.54) is 11.3 Å². The van der Waals surface area contributed by atoms with Gasteiger partial charge in [-0.1, -0.05) is 20.8 Å². The van der Waals surface area contributed by atoms with Crippen molar-refractivity contribution >= 4 is 23.3 Å². The van der Waals surface area contributed by atoms with Crippen LogP contribution in [0.3, 0.4) is 0 Å². The average molecular weight is 448 g/mol. The molecule has 0 aliphatic carbocycles. The molecule has 1 saturated heterocycles. The highest BCUT2D eigenvalue weighted by atomic mass is 32.1. The Bertz CT molecular complexity index is 943. The number of rotatable bonds is 5. The van der Waals surface area contributed by atoms with E-state index in [1.54, 1.807) is 25.5 Å². The molecule has 0 radical (unpaired) electrons. The number of aryl methyl sites for hydroxylation is 2. The minimum absolute atomic E-state index is 0.119. The Morgan fingerprint density at radius 1 is 1.39 bits per heavy atom. The van der Waals surface area contributed by atoms with E-state index >= 15 is 0 Å². The van der Waals surface area contributed by atoms with Crippen LogP contribution in [0.15, 0.2) is 17.8 Å². The molecular formula is C22H33N5O3S. The first kappa shape index (κ1) is 23.2. The maximum atomic E-state index is 13.6. The molecule has 2 aromatic rings. The average Bonchev–Trinajstić information content (AvgIpc) is 3.35. The molecule has 0 aromatic carbocycles. The fraction of sp³-hybridized carbons (Fsp3) is 0.636. The van der Waals surface area contributed by atoms with Crippen LogP contribution in [0.5, 0.6) is 0 Å². The number of amides is 2. The van der Waals surface area contributed by atoms with Crippen LogP contribution in [0.4, 0.5) is 4.79 Å². The minimum atomic E-state index is -0.880. The van der Waals surface area contributed by atoms with Crippen LogP contribution in [0.2, 0.25) is 0 Å². The van der Waals surface area contributed by atoms with E-state index in [-0.39, 0.29) is 17.2 Å². The van der Waals surface area contributed by atoms with E-state index in [2.05, 4.69) is 29.2 Å². The maximum absolute atomic E-state index is 13.6. The molecule has 170 valence electrons. The first-order valence-corrected chi connectivity index (χ1v) is 11.5. The number of likely N-dealkylation sites (tertiary alicyclic amines) is 1. The molecule has 2 aromatic heterocycles. The Morgan fingerprint density at radius 2 is 2.10 bits per heavy atom. The summed E-state index contributed by atoms with van der Waals surface area (Å²) >= 11 is 1.49. The van der Waals surface area contributed by atoms with E-state index in [1.807, 2.05) is 36.6 Å². The molecule has 1 aliphatic rings. The van der Waals surface area contributed by atoms with Gasteiger partial charge in [0.15, 0.2) is 6.04 Å². The Hall–Kier alpha value is -2.42. The third-order valence-corrected chi connectivity index (χ3v) is 6.47. The van der Waals surface area contributed by atoms with Crippen LogP contribution in [0.25, 0.3) is 0 Å². The molecule has 3 heterocycles. The molecule has 1 N–H and O–H groups in total. The lowest BCUT2D eigenvalue weighted by molar-refractivity contribution is -0.133. The molecule has 8 nitrogen and oxygen atoms in total. The second-order valence-corrected chi connectivity index (χ2v) is 10.7. The maximum Gasteiger partial charge on any atom is 0.408 e. The van der Waals surface area contributed by atoms with Gasteiger partial charge in [-0.05, 0) is 38.2 Å². The van der Waals surface area contributed by atoms with Crippen LogP contribution in [0, 0.1) is 5.41 Å². The Morgan fingerprint density at radius 3 is 2.65 bits per heavy atom. The molecule has 2 atom stereocenters. The number of thiazole rings is 1. The molecule has 1 aliphatic heterocycles. The Labute approximate surface area is 188 Å². The van der Waals surface area contributed by atoms with Gasteiger partial charge < -0.3 is 15.0 Å². The number of alkyl carbamates (subject to hydrolysis) is 1. The second kappa shape index (κ2) is 8.61. The SMILES string of the molecule is CCc1nc(C(NC(=O)OC(C)(C)C)C(=O)N2CC(c3cnn(C)c3)C(C)(C)C2)cs1. The van der Waals surface area contributed by atoms with Crippen molar-refractivity contribution in [3.05, 3.63) is 34.0 Å². The lowest BCUT2D eigenvalue weighted by atomic mass is 9.79. The number of hydrogen-bond acceptors (Lipinski definition) is 6. The summed E-state index contributed by atoms with van der Waals surface area (Å²) in [6.45, 7) is 12.9. The first-order valence-electron chi connectivity index (χ1n) is 10.6. The number of aromatic nitrogens is 3. The van der Waals surface area contributed by atoms with E-state index in [4.69, 9.17) is 4.74 Å². The van der Waals surface area contributed by atoms with Gasteiger partial charge in [-0.2, -0.15) is 5.10 Å². The fourth-order valence-electron chi connectivity index (χ4n) is 3.97. The summed E-state index contributed by atoms with van der Waals surface area (Å²) in [5.74, 6) is -0.00718. The number of carbonyl (C=O) groups excluding carboxylic acids is 2. The number of nitrogens with one attached hydrogen (secondary N) is 1. The van der Waals surface area contributed by atoms with Crippen LogP contribution < -0.4 is 5.32 Å². The summed E-state index contributed by atoms with van der Waals surface area (Å²) < 4.78 is 7.20.